The third-order valence-corrected chi connectivity index (χ3v) is 4.68. The van der Waals surface area contributed by atoms with Gasteiger partial charge in [-0.2, -0.15) is 0 Å². The van der Waals surface area contributed by atoms with Crippen molar-refractivity contribution in [3.05, 3.63) is 54.2 Å². The highest BCUT2D eigenvalue weighted by Crippen LogP contribution is 2.29. The molecule has 0 radical (unpaired) electrons. The number of carbonyl (C=O) groups excluding carboxylic acids is 1. The molecule has 1 aromatic heterocycles. The summed E-state index contributed by atoms with van der Waals surface area (Å²) in [5, 5.41) is 12.5. The molecule has 0 spiro atoms. The van der Waals surface area contributed by atoms with Gasteiger partial charge in [0.15, 0.2) is 0 Å². The fraction of sp³-hybridized carbons (Fsp3) is 0.263. The van der Waals surface area contributed by atoms with Crippen molar-refractivity contribution in [2.75, 3.05) is 19.7 Å². The number of pyridine rings is 1. The van der Waals surface area contributed by atoms with Gasteiger partial charge in [-0.05, 0) is 29.3 Å². The second-order valence-corrected chi connectivity index (χ2v) is 6.13. The van der Waals surface area contributed by atoms with Crippen molar-refractivity contribution in [2.24, 2.45) is 5.92 Å². The molecular weight excluding hydrogens is 288 g/mol. The van der Waals surface area contributed by atoms with Crippen LogP contribution < -0.4 is 0 Å². The summed E-state index contributed by atoms with van der Waals surface area (Å²) in [4.78, 5) is 19.3. The smallest absolute Gasteiger partial charge is 0.256 e. The van der Waals surface area contributed by atoms with Crippen molar-refractivity contribution in [3.63, 3.8) is 0 Å². The van der Waals surface area contributed by atoms with E-state index in [1.807, 2.05) is 41.3 Å². The van der Waals surface area contributed by atoms with Crippen LogP contribution in [0.2, 0.25) is 0 Å². The lowest BCUT2D eigenvalue weighted by Crippen LogP contribution is -2.29. The maximum atomic E-state index is 13.0. The molecule has 1 aliphatic heterocycles. The average Bonchev–Trinajstić information content (AvgIpc) is 3.09. The SMILES string of the molecule is O=C(c1cc2ccccc2c2cccnc12)N1CCC(CO)C1. The van der Waals surface area contributed by atoms with Gasteiger partial charge in [0.25, 0.3) is 5.91 Å². The van der Waals surface area contributed by atoms with Gasteiger partial charge in [0.1, 0.15) is 0 Å². The molecule has 1 fully saturated rings. The van der Waals surface area contributed by atoms with Crippen LogP contribution in [0, 0.1) is 5.92 Å². The zero-order chi connectivity index (χ0) is 15.8. The van der Waals surface area contributed by atoms with Gasteiger partial charge in [-0.3, -0.25) is 9.78 Å². The molecule has 0 saturated carbocycles. The molecule has 116 valence electrons. The minimum absolute atomic E-state index is 0.00963. The van der Waals surface area contributed by atoms with Crippen molar-refractivity contribution in [1.29, 1.82) is 0 Å². The fourth-order valence-corrected chi connectivity index (χ4v) is 3.43. The molecule has 3 aromatic rings. The van der Waals surface area contributed by atoms with Crippen LogP contribution >= 0.6 is 0 Å². The van der Waals surface area contributed by atoms with Gasteiger partial charge < -0.3 is 10.0 Å². The number of likely N-dealkylation sites (tertiary alicyclic amines) is 1. The van der Waals surface area contributed by atoms with Crippen LogP contribution in [0.3, 0.4) is 0 Å². The summed E-state index contributed by atoms with van der Waals surface area (Å²) in [5.41, 5.74) is 1.40. The lowest BCUT2D eigenvalue weighted by atomic mass is 10.00. The molecule has 1 saturated heterocycles. The lowest BCUT2D eigenvalue weighted by molar-refractivity contribution is 0.0783. The van der Waals surface area contributed by atoms with Crippen LogP contribution in [-0.2, 0) is 0 Å². The second kappa shape index (κ2) is 5.63. The molecule has 0 aliphatic carbocycles. The Morgan fingerprint density at radius 2 is 2.04 bits per heavy atom. The summed E-state index contributed by atoms with van der Waals surface area (Å²) in [6.45, 7) is 1.46. The third kappa shape index (κ3) is 2.35. The normalized spacial score (nSPS) is 18.0. The van der Waals surface area contributed by atoms with Crippen LogP contribution in [0.4, 0.5) is 0 Å². The van der Waals surface area contributed by atoms with Crippen molar-refractivity contribution >= 4 is 27.6 Å². The minimum Gasteiger partial charge on any atom is -0.396 e. The number of benzene rings is 2. The van der Waals surface area contributed by atoms with E-state index in [4.69, 9.17) is 0 Å². The average molecular weight is 306 g/mol. The zero-order valence-electron chi connectivity index (χ0n) is 12.8. The highest BCUT2D eigenvalue weighted by molar-refractivity contribution is 6.15. The van der Waals surface area contributed by atoms with Crippen molar-refractivity contribution in [1.82, 2.24) is 9.88 Å². The fourth-order valence-electron chi connectivity index (χ4n) is 3.43. The Balaban J connectivity index is 1.87. The standard InChI is InChI=1S/C19H18N2O2/c22-12-13-7-9-21(11-13)19(23)17-10-14-4-1-2-5-15(14)16-6-3-8-20-18(16)17/h1-6,8,10,13,22H,7,9,11-12H2. The maximum absolute atomic E-state index is 13.0. The molecule has 1 aliphatic rings. The Hall–Kier alpha value is -2.46. The maximum Gasteiger partial charge on any atom is 0.256 e. The number of carbonyl (C=O) groups is 1. The third-order valence-electron chi connectivity index (χ3n) is 4.68. The molecule has 1 amide bonds. The van der Waals surface area contributed by atoms with Crippen molar-refractivity contribution in [2.45, 2.75) is 6.42 Å². The van der Waals surface area contributed by atoms with E-state index in [1.165, 1.54) is 0 Å². The van der Waals surface area contributed by atoms with Crippen molar-refractivity contribution < 1.29 is 9.90 Å². The number of hydrogen-bond acceptors (Lipinski definition) is 3. The van der Waals surface area contributed by atoms with E-state index in [-0.39, 0.29) is 18.4 Å². The molecule has 23 heavy (non-hydrogen) atoms. The van der Waals surface area contributed by atoms with E-state index < -0.39 is 0 Å². The quantitative estimate of drug-likeness (QED) is 0.741. The topological polar surface area (TPSA) is 53.4 Å². The molecule has 1 atom stereocenters. The number of nitrogens with zero attached hydrogens (tertiary/aromatic N) is 2. The van der Waals surface area contributed by atoms with Crippen LogP contribution in [0.15, 0.2) is 48.7 Å². The van der Waals surface area contributed by atoms with Gasteiger partial charge in [-0.25, -0.2) is 0 Å². The van der Waals surface area contributed by atoms with Crippen LogP contribution in [0.25, 0.3) is 21.7 Å². The van der Waals surface area contributed by atoms with Crippen LogP contribution in [0.1, 0.15) is 16.8 Å². The molecule has 0 bridgehead atoms. The Bertz CT molecular complexity index is 891. The van der Waals surface area contributed by atoms with E-state index in [0.717, 1.165) is 28.1 Å². The molecule has 2 aromatic carbocycles. The summed E-state index contributed by atoms with van der Waals surface area (Å²) in [6.07, 6.45) is 2.59. The van der Waals surface area contributed by atoms with E-state index in [9.17, 15) is 9.90 Å². The van der Waals surface area contributed by atoms with E-state index >= 15 is 0 Å². The number of fused-ring (bicyclic) bond motifs is 3. The van der Waals surface area contributed by atoms with Crippen LogP contribution in [0.5, 0.6) is 0 Å². The Morgan fingerprint density at radius 1 is 1.22 bits per heavy atom. The second-order valence-electron chi connectivity index (χ2n) is 6.13. The number of rotatable bonds is 2. The molecule has 4 rings (SSSR count). The van der Waals surface area contributed by atoms with E-state index in [1.54, 1.807) is 6.20 Å². The van der Waals surface area contributed by atoms with Gasteiger partial charge in [-0.15, -0.1) is 0 Å². The Kier molecular flexibility index (Phi) is 3.46. The Labute approximate surface area is 134 Å². The summed E-state index contributed by atoms with van der Waals surface area (Å²) in [7, 11) is 0. The number of aliphatic hydroxyl groups excluding tert-OH is 1. The molecular formula is C19H18N2O2. The first-order valence-corrected chi connectivity index (χ1v) is 7.94. The van der Waals surface area contributed by atoms with Gasteiger partial charge in [0.2, 0.25) is 0 Å². The summed E-state index contributed by atoms with van der Waals surface area (Å²) < 4.78 is 0. The molecule has 4 nitrogen and oxygen atoms in total. The summed E-state index contributed by atoms with van der Waals surface area (Å²) in [6, 6.07) is 13.9. The zero-order valence-corrected chi connectivity index (χ0v) is 12.8. The minimum atomic E-state index is 0.00963. The molecule has 4 heteroatoms. The van der Waals surface area contributed by atoms with Gasteiger partial charge >= 0.3 is 0 Å². The number of hydrogen-bond donors (Lipinski definition) is 1. The van der Waals surface area contributed by atoms with Gasteiger partial charge in [-0.1, -0.05) is 30.3 Å². The van der Waals surface area contributed by atoms with Gasteiger partial charge in [0.05, 0.1) is 11.1 Å². The number of aliphatic hydroxyl groups is 1. The van der Waals surface area contributed by atoms with E-state index in [2.05, 4.69) is 11.1 Å². The van der Waals surface area contributed by atoms with E-state index in [0.29, 0.717) is 18.7 Å². The molecule has 1 N–H and O–H groups in total. The largest absolute Gasteiger partial charge is 0.396 e. The van der Waals surface area contributed by atoms with Crippen LogP contribution in [-0.4, -0.2) is 40.6 Å². The van der Waals surface area contributed by atoms with Gasteiger partial charge in [0, 0.05) is 37.2 Å². The first kappa shape index (κ1) is 14.2. The summed E-state index contributed by atoms with van der Waals surface area (Å²) >= 11 is 0. The predicted octanol–water partition coefficient (Wildman–Crippen LogP) is 2.84. The van der Waals surface area contributed by atoms with Crippen molar-refractivity contribution in [3.8, 4) is 0 Å². The number of aromatic nitrogens is 1. The highest BCUT2D eigenvalue weighted by atomic mass is 16.3. The number of amides is 1. The first-order valence-electron chi connectivity index (χ1n) is 7.94. The molecule has 1 unspecified atom stereocenters. The summed E-state index contributed by atoms with van der Waals surface area (Å²) in [5.74, 6) is 0.203. The predicted molar refractivity (Wildman–Crippen MR) is 90.3 cm³/mol. The Morgan fingerprint density at radius 3 is 2.87 bits per heavy atom. The highest BCUT2D eigenvalue weighted by Gasteiger charge is 2.27. The monoisotopic (exact) mass is 306 g/mol. The first-order chi connectivity index (χ1) is 11.3. The lowest BCUT2D eigenvalue weighted by Gasteiger charge is -2.18. The molecule has 2 heterocycles.